The van der Waals surface area contributed by atoms with Crippen molar-refractivity contribution in [1.82, 2.24) is 9.62 Å². The van der Waals surface area contributed by atoms with Gasteiger partial charge in [-0.3, -0.25) is 14.1 Å². The molecule has 122 valence electrons. The maximum Gasteiger partial charge on any atom is 1.00 e. The standard InChI is InChI=1S/C11H12N2O7S2.Na.H/c1-20-11(16)9-8(10(15)13(9)22(17,18)19)12-7(14)5-6-3-2-4-21-6;;/h2-4,8-9H,5H2,1H3,(H,12,14)(H,17,18,19);;/q;+1;-1. The van der Waals surface area contributed by atoms with Gasteiger partial charge >= 0.3 is 45.8 Å². The summed E-state index contributed by atoms with van der Waals surface area (Å²) in [6.07, 6.45) is -0.0127. The van der Waals surface area contributed by atoms with E-state index in [1.165, 1.54) is 11.3 Å². The molecule has 0 saturated carbocycles. The van der Waals surface area contributed by atoms with Crippen LogP contribution in [0.1, 0.15) is 6.30 Å². The van der Waals surface area contributed by atoms with Crippen LogP contribution in [0.5, 0.6) is 0 Å². The number of carbonyl (C=O) groups excluding carboxylic acids is 3. The SMILES string of the molecule is COC(=O)C1C(NC(=O)Cc2cccs2)C(=O)N1S(=O)(=O)O.[H-].[Na+]. The monoisotopic (exact) mass is 372 g/mol. The molecule has 1 aliphatic heterocycles. The molecule has 1 saturated heterocycles. The van der Waals surface area contributed by atoms with Crippen LogP contribution < -0.4 is 34.9 Å². The molecule has 0 bridgehead atoms. The Morgan fingerprint density at radius 3 is 2.65 bits per heavy atom. The van der Waals surface area contributed by atoms with Crippen molar-refractivity contribution in [3.05, 3.63) is 22.4 Å². The number of nitrogens with one attached hydrogen (secondary N) is 1. The molecule has 2 amide bonds. The van der Waals surface area contributed by atoms with Gasteiger partial charge < -0.3 is 11.5 Å². The molecule has 2 rings (SSSR count). The summed E-state index contributed by atoms with van der Waals surface area (Å²) in [5.41, 5.74) is 0. The zero-order valence-electron chi connectivity index (χ0n) is 13.3. The first-order valence-corrected chi connectivity index (χ1v) is 8.23. The first-order valence-electron chi connectivity index (χ1n) is 5.96. The Labute approximate surface area is 159 Å². The third kappa shape index (κ3) is 4.31. The molecule has 1 aromatic heterocycles. The second-order valence-corrected chi connectivity index (χ2v) is 6.70. The number of β-lactam (4-membered cyclic amide) rings is 1. The molecule has 2 heterocycles. The Hall–Kier alpha value is -0.980. The number of thiophene rings is 1. The molecule has 2 N–H and O–H groups in total. The Morgan fingerprint density at radius 1 is 1.52 bits per heavy atom. The van der Waals surface area contributed by atoms with Crippen LogP contribution in [0.2, 0.25) is 0 Å². The largest absolute Gasteiger partial charge is 1.00 e. The van der Waals surface area contributed by atoms with Crippen molar-refractivity contribution in [2.24, 2.45) is 0 Å². The van der Waals surface area contributed by atoms with Crippen molar-refractivity contribution in [2.75, 3.05) is 7.11 Å². The van der Waals surface area contributed by atoms with Gasteiger partial charge in [-0.15, -0.1) is 11.3 Å². The number of rotatable bonds is 5. The molecule has 12 heteroatoms. The van der Waals surface area contributed by atoms with Gasteiger partial charge in [0.15, 0.2) is 6.04 Å². The normalized spacial score (nSPS) is 20.3. The number of hydrogen-bond acceptors (Lipinski definition) is 7. The predicted octanol–water partition coefficient (Wildman–Crippen LogP) is -3.92. The van der Waals surface area contributed by atoms with Gasteiger partial charge in [-0.1, -0.05) is 6.07 Å². The molecule has 1 aromatic rings. The maximum atomic E-state index is 11.8. The summed E-state index contributed by atoms with van der Waals surface area (Å²) in [7, 11) is -3.91. The number of amides is 2. The van der Waals surface area contributed by atoms with Gasteiger partial charge in [0, 0.05) is 4.88 Å². The Bertz CT molecular complexity index is 710. The summed E-state index contributed by atoms with van der Waals surface area (Å²) >= 11 is 1.34. The van der Waals surface area contributed by atoms with Crippen molar-refractivity contribution < 1.29 is 63.1 Å². The molecular formula is C11H13N2NaO7S2. The molecule has 0 aromatic carbocycles. The molecule has 9 nitrogen and oxygen atoms in total. The zero-order chi connectivity index (χ0) is 16.5. The summed E-state index contributed by atoms with van der Waals surface area (Å²) in [5, 5.41) is 4.04. The Balaban J connectivity index is 0.00000264. The van der Waals surface area contributed by atoms with E-state index in [0.717, 1.165) is 12.0 Å². The number of carbonyl (C=O) groups is 3. The zero-order valence-corrected chi connectivity index (χ0v) is 15.9. The van der Waals surface area contributed by atoms with Crippen LogP contribution in [-0.2, 0) is 35.8 Å². The number of methoxy groups -OCH3 is 1. The van der Waals surface area contributed by atoms with Crippen LogP contribution in [0.4, 0.5) is 0 Å². The summed E-state index contributed by atoms with van der Waals surface area (Å²) < 4.78 is 35.5. The Kier molecular flexibility index (Phi) is 6.74. The van der Waals surface area contributed by atoms with Gasteiger partial charge in [0.2, 0.25) is 5.91 Å². The van der Waals surface area contributed by atoms with Crippen LogP contribution in [0.15, 0.2) is 17.5 Å². The second kappa shape index (κ2) is 7.73. The molecule has 0 spiro atoms. The van der Waals surface area contributed by atoms with Gasteiger partial charge in [0.1, 0.15) is 6.04 Å². The summed E-state index contributed by atoms with van der Waals surface area (Å²) in [6.45, 7) is 0. The molecule has 1 fully saturated rings. The van der Waals surface area contributed by atoms with Crippen molar-refractivity contribution in [3.8, 4) is 0 Å². The van der Waals surface area contributed by atoms with Crippen LogP contribution in [0.25, 0.3) is 0 Å². The van der Waals surface area contributed by atoms with Gasteiger partial charge in [0.05, 0.1) is 13.5 Å². The van der Waals surface area contributed by atoms with Gasteiger partial charge in [0.25, 0.3) is 5.91 Å². The van der Waals surface area contributed by atoms with Crippen LogP contribution >= 0.6 is 11.3 Å². The fourth-order valence-corrected chi connectivity index (χ4v) is 3.55. The van der Waals surface area contributed by atoms with Crippen molar-refractivity contribution in [2.45, 2.75) is 18.5 Å². The number of hydrogen-bond donors (Lipinski definition) is 2. The van der Waals surface area contributed by atoms with E-state index in [9.17, 15) is 22.8 Å². The average molecular weight is 372 g/mol. The minimum atomic E-state index is -4.90. The van der Waals surface area contributed by atoms with E-state index in [2.05, 4.69) is 10.1 Å². The van der Waals surface area contributed by atoms with Crippen molar-refractivity contribution >= 4 is 39.4 Å². The summed E-state index contributed by atoms with van der Waals surface area (Å²) in [5.74, 6) is -2.71. The fourth-order valence-electron chi connectivity index (χ4n) is 2.01. The summed E-state index contributed by atoms with van der Waals surface area (Å²) in [4.78, 5) is 35.9. The van der Waals surface area contributed by atoms with E-state index in [0.29, 0.717) is 0 Å². The van der Waals surface area contributed by atoms with Crippen LogP contribution in [0.3, 0.4) is 0 Å². The fraction of sp³-hybridized carbons (Fsp3) is 0.364. The van der Waals surface area contributed by atoms with E-state index < -0.39 is 40.2 Å². The molecule has 2 atom stereocenters. The predicted molar refractivity (Wildman–Crippen MR) is 75.3 cm³/mol. The molecule has 2 unspecified atom stereocenters. The smallest absolute Gasteiger partial charge is 1.00 e. The number of ether oxygens (including phenoxy) is 1. The second-order valence-electron chi connectivity index (χ2n) is 4.38. The van der Waals surface area contributed by atoms with E-state index in [4.69, 9.17) is 4.55 Å². The van der Waals surface area contributed by atoms with E-state index in [1.54, 1.807) is 17.5 Å². The van der Waals surface area contributed by atoms with Gasteiger partial charge in [-0.05, 0) is 11.4 Å². The molecule has 23 heavy (non-hydrogen) atoms. The number of esters is 1. The van der Waals surface area contributed by atoms with Crippen LogP contribution in [0, 0.1) is 0 Å². The third-order valence-corrected chi connectivity index (χ3v) is 4.75. The molecule has 0 radical (unpaired) electrons. The van der Waals surface area contributed by atoms with Crippen LogP contribution in [-0.4, -0.2) is 54.3 Å². The molecule has 0 aliphatic carbocycles. The first-order chi connectivity index (χ1) is 10.3. The van der Waals surface area contributed by atoms with E-state index >= 15 is 0 Å². The minimum Gasteiger partial charge on any atom is -1.00 e. The first kappa shape index (κ1) is 20.1. The molecular weight excluding hydrogens is 359 g/mol. The van der Waals surface area contributed by atoms with Crippen molar-refractivity contribution in [1.29, 1.82) is 0 Å². The van der Waals surface area contributed by atoms with Gasteiger partial charge in [-0.25, -0.2) is 4.79 Å². The average Bonchev–Trinajstić information content (AvgIpc) is 2.92. The third-order valence-electron chi connectivity index (χ3n) is 2.97. The van der Waals surface area contributed by atoms with Crippen molar-refractivity contribution in [3.63, 3.8) is 0 Å². The minimum absolute atomic E-state index is 0. The topological polar surface area (TPSA) is 130 Å². The molecule has 1 aliphatic rings. The maximum absolute atomic E-state index is 11.8. The van der Waals surface area contributed by atoms with E-state index in [-0.39, 0.29) is 41.7 Å². The van der Waals surface area contributed by atoms with Gasteiger partial charge in [-0.2, -0.15) is 12.7 Å². The van der Waals surface area contributed by atoms with E-state index in [1.807, 2.05) is 0 Å². The number of nitrogens with zero attached hydrogens (tertiary/aromatic N) is 1. The quantitative estimate of drug-likeness (QED) is 0.234. The summed E-state index contributed by atoms with van der Waals surface area (Å²) in [6, 6.07) is 0.468. The Morgan fingerprint density at radius 2 is 2.17 bits per heavy atom.